The topological polar surface area (TPSA) is 77.1 Å². The summed E-state index contributed by atoms with van der Waals surface area (Å²) in [5.41, 5.74) is 5.23. The Balaban J connectivity index is 3.14. The number of carbonyl (C=O) groups is 1. The molecule has 1 atom stereocenters. The van der Waals surface area contributed by atoms with E-state index in [0.717, 1.165) is 0 Å². The van der Waals surface area contributed by atoms with Crippen molar-refractivity contribution < 1.29 is 4.79 Å². The fraction of sp³-hybridized carbons (Fsp3) is 0.333. The number of pyridine rings is 1. The lowest BCUT2D eigenvalue weighted by molar-refractivity contribution is -0.123. The average Bonchev–Trinajstić information content (AvgIpc) is 2.20. The lowest BCUT2D eigenvalue weighted by atomic mass is 10.3. The van der Waals surface area contributed by atoms with E-state index in [0.29, 0.717) is 0 Å². The highest BCUT2D eigenvalue weighted by atomic mass is 16.2. The van der Waals surface area contributed by atoms with Gasteiger partial charge in [0.2, 0.25) is 5.91 Å². The van der Waals surface area contributed by atoms with Crippen molar-refractivity contribution in [3.63, 3.8) is 0 Å². The summed E-state index contributed by atoms with van der Waals surface area (Å²) in [4.78, 5) is 22.8. The first-order valence-electron chi connectivity index (χ1n) is 4.26. The highest BCUT2D eigenvalue weighted by Gasteiger charge is 2.14. The summed E-state index contributed by atoms with van der Waals surface area (Å²) < 4.78 is 1.30. The quantitative estimate of drug-likeness (QED) is 0.682. The fourth-order valence-corrected chi connectivity index (χ4v) is 1.17. The average molecular weight is 195 g/mol. The Morgan fingerprint density at radius 2 is 2.29 bits per heavy atom. The molecule has 1 aromatic rings. The third kappa shape index (κ3) is 1.76. The minimum atomic E-state index is -0.545. The number of nitrogens with two attached hydrogens (primary N) is 1. The van der Waals surface area contributed by atoms with Gasteiger partial charge in [0.1, 0.15) is 6.04 Å². The number of nitrogens with zero attached hydrogens (tertiary/aromatic N) is 1. The molecule has 1 amide bonds. The lowest BCUT2D eigenvalue weighted by Crippen LogP contribution is -2.34. The minimum Gasteiger partial charge on any atom is -0.394 e. The molecule has 0 fully saturated rings. The Bertz CT molecular complexity index is 397. The molecule has 5 heteroatoms. The van der Waals surface area contributed by atoms with Crippen molar-refractivity contribution in [1.82, 2.24) is 9.88 Å². The lowest BCUT2D eigenvalue weighted by Gasteiger charge is -2.13. The molecule has 1 rings (SSSR count). The van der Waals surface area contributed by atoms with Crippen LogP contribution in [0.15, 0.2) is 23.1 Å². The van der Waals surface area contributed by atoms with Crippen LogP contribution in [0.4, 0.5) is 5.69 Å². The zero-order valence-corrected chi connectivity index (χ0v) is 8.15. The highest BCUT2D eigenvalue weighted by molar-refractivity contribution is 5.79. The van der Waals surface area contributed by atoms with E-state index in [9.17, 15) is 9.59 Å². The van der Waals surface area contributed by atoms with Gasteiger partial charge < -0.3 is 15.6 Å². The number of nitrogens with one attached hydrogen (secondary N) is 1. The molecule has 14 heavy (non-hydrogen) atoms. The van der Waals surface area contributed by atoms with Crippen LogP contribution in [-0.2, 0) is 4.79 Å². The van der Waals surface area contributed by atoms with E-state index in [2.05, 4.69) is 5.32 Å². The van der Waals surface area contributed by atoms with Crippen LogP contribution >= 0.6 is 0 Å². The van der Waals surface area contributed by atoms with Crippen molar-refractivity contribution in [3.05, 3.63) is 28.7 Å². The van der Waals surface area contributed by atoms with Gasteiger partial charge in [0.25, 0.3) is 5.56 Å². The largest absolute Gasteiger partial charge is 0.394 e. The molecule has 0 unspecified atom stereocenters. The van der Waals surface area contributed by atoms with Crippen LogP contribution in [0.25, 0.3) is 0 Å². The summed E-state index contributed by atoms with van der Waals surface area (Å²) in [6.07, 6.45) is 1.54. The molecule has 0 aliphatic carbocycles. The number of amides is 1. The first-order chi connectivity index (χ1) is 6.57. The summed E-state index contributed by atoms with van der Waals surface area (Å²) in [5.74, 6) is -0.224. The third-order valence-electron chi connectivity index (χ3n) is 2.05. The Morgan fingerprint density at radius 3 is 2.86 bits per heavy atom. The van der Waals surface area contributed by atoms with Crippen molar-refractivity contribution in [2.24, 2.45) is 0 Å². The smallest absolute Gasteiger partial charge is 0.274 e. The van der Waals surface area contributed by atoms with Crippen LogP contribution in [0.1, 0.15) is 13.0 Å². The molecule has 0 spiro atoms. The molecule has 3 N–H and O–H groups in total. The second-order valence-electron chi connectivity index (χ2n) is 2.97. The zero-order chi connectivity index (χ0) is 10.7. The predicted molar refractivity (Wildman–Crippen MR) is 53.9 cm³/mol. The van der Waals surface area contributed by atoms with Gasteiger partial charge in [-0.1, -0.05) is 0 Å². The van der Waals surface area contributed by atoms with Crippen molar-refractivity contribution in [1.29, 1.82) is 0 Å². The molecule has 1 aromatic heterocycles. The van der Waals surface area contributed by atoms with E-state index in [-0.39, 0.29) is 17.2 Å². The summed E-state index contributed by atoms with van der Waals surface area (Å²) in [5, 5.41) is 2.47. The summed E-state index contributed by atoms with van der Waals surface area (Å²) in [7, 11) is 1.52. The number of nitrogen functional groups attached to an aromatic ring is 1. The first-order valence-corrected chi connectivity index (χ1v) is 4.26. The molecule has 0 radical (unpaired) electrons. The van der Waals surface area contributed by atoms with Gasteiger partial charge in [-0.2, -0.15) is 0 Å². The molecule has 0 saturated heterocycles. The molecule has 0 saturated carbocycles. The molecule has 0 aliphatic heterocycles. The van der Waals surface area contributed by atoms with Crippen molar-refractivity contribution >= 4 is 11.6 Å². The number of carbonyl (C=O) groups excluding carboxylic acids is 1. The van der Waals surface area contributed by atoms with Crippen LogP contribution in [0.5, 0.6) is 0 Å². The van der Waals surface area contributed by atoms with Crippen molar-refractivity contribution in [2.45, 2.75) is 13.0 Å². The first kappa shape index (κ1) is 10.3. The monoisotopic (exact) mass is 195 g/mol. The molecular formula is C9H13N3O2. The van der Waals surface area contributed by atoms with E-state index in [1.54, 1.807) is 19.2 Å². The van der Waals surface area contributed by atoms with Gasteiger partial charge in [0.05, 0.1) is 5.69 Å². The summed E-state index contributed by atoms with van der Waals surface area (Å²) in [6.45, 7) is 1.64. The van der Waals surface area contributed by atoms with Crippen molar-refractivity contribution in [3.8, 4) is 0 Å². The maximum atomic E-state index is 11.5. The number of likely N-dealkylation sites (N-methyl/N-ethyl adjacent to an activating group) is 1. The maximum absolute atomic E-state index is 11.5. The zero-order valence-electron chi connectivity index (χ0n) is 8.15. The van der Waals surface area contributed by atoms with Crippen LogP contribution < -0.4 is 16.6 Å². The summed E-state index contributed by atoms with van der Waals surface area (Å²) >= 11 is 0. The number of hydrogen-bond acceptors (Lipinski definition) is 3. The van der Waals surface area contributed by atoms with Gasteiger partial charge in [-0.3, -0.25) is 9.59 Å². The van der Waals surface area contributed by atoms with Gasteiger partial charge in [0, 0.05) is 13.2 Å². The Hall–Kier alpha value is -1.78. The Labute approximate surface area is 81.5 Å². The molecule has 1 heterocycles. The van der Waals surface area contributed by atoms with Crippen LogP contribution in [0, 0.1) is 0 Å². The Kier molecular flexibility index (Phi) is 2.91. The van der Waals surface area contributed by atoms with E-state index < -0.39 is 6.04 Å². The normalized spacial score (nSPS) is 12.1. The minimum absolute atomic E-state index is 0.142. The molecule has 76 valence electrons. The Morgan fingerprint density at radius 1 is 1.64 bits per heavy atom. The number of anilines is 1. The second-order valence-corrected chi connectivity index (χ2v) is 2.97. The number of rotatable bonds is 2. The van der Waals surface area contributed by atoms with Crippen molar-refractivity contribution in [2.75, 3.05) is 12.8 Å². The molecular weight excluding hydrogens is 182 g/mol. The maximum Gasteiger partial charge on any atom is 0.274 e. The van der Waals surface area contributed by atoms with E-state index in [1.165, 1.54) is 17.7 Å². The van der Waals surface area contributed by atoms with Crippen LogP contribution in [-0.4, -0.2) is 17.5 Å². The molecule has 0 aliphatic rings. The predicted octanol–water partition coefficient (Wildman–Crippen LogP) is -0.263. The number of aromatic nitrogens is 1. The van der Waals surface area contributed by atoms with Crippen LogP contribution in [0.2, 0.25) is 0 Å². The molecule has 0 bridgehead atoms. The van der Waals surface area contributed by atoms with E-state index in [4.69, 9.17) is 5.73 Å². The van der Waals surface area contributed by atoms with Crippen LogP contribution in [0.3, 0.4) is 0 Å². The fourth-order valence-electron chi connectivity index (χ4n) is 1.17. The summed E-state index contributed by atoms with van der Waals surface area (Å²) in [6, 6.07) is 2.60. The SMILES string of the molecule is CNC(=O)[C@H](C)n1cccc(N)c1=O. The van der Waals surface area contributed by atoms with Gasteiger partial charge in [-0.05, 0) is 19.1 Å². The van der Waals surface area contributed by atoms with Gasteiger partial charge in [-0.15, -0.1) is 0 Å². The van der Waals surface area contributed by atoms with Gasteiger partial charge in [0.15, 0.2) is 0 Å². The molecule has 0 aromatic carbocycles. The second kappa shape index (κ2) is 3.95. The van der Waals surface area contributed by atoms with Gasteiger partial charge >= 0.3 is 0 Å². The van der Waals surface area contributed by atoms with E-state index in [1.807, 2.05) is 0 Å². The highest BCUT2D eigenvalue weighted by Crippen LogP contribution is 2.03. The van der Waals surface area contributed by atoms with E-state index >= 15 is 0 Å². The third-order valence-corrected chi connectivity index (χ3v) is 2.05. The molecule has 5 nitrogen and oxygen atoms in total. The number of hydrogen-bond donors (Lipinski definition) is 2. The van der Waals surface area contributed by atoms with Gasteiger partial charge in [-0.25, -0.2) is 0 Å². The standard InChI is InChI=1S/C9H13N3O2/c1-6(8(13)11-2)12-5-3-4-7(10)9(12)14/h3-6H,10H2,1-2H3,(H,11,13)/t6-/m0/s1.